The Morgan fingerprint density at radius 1 is 1.35 bits per heavy atom. The molecule has 0 saturated heterocycles. The second-order valence-electron chi connectivity index (χ2n) is 4.81. The molecule has 0 aromatic carbocycles. The van der Waals surface area contributed by atoms with Gasteiger partial charge in [0.25, 0.3) is 0 Å². The van der Waals surface area contributed by atoms with Gasteiger partial charge < -0.3 is 5.11 Å². The van der Waals surface area contributed by atoms with E-state index in [0.29, 0.717) is 0 Å². The molecular weight excluding hydrogens is 230 g/mol. The van der Waals surface area contributed by atoms with Gasteiger partial charge in [0.2, 0.25) is 0 Å². The number of hydrogen-bond acceptors (Lipinski definition) is 3. The topological polar surface area (TPSA) is 33.1 Å². The van der Waals surface area contributed by atoms with E-state index in [4.69, 9.17) is 0 Å². The lowest BCUT2D eigenvalue weighted by molar-refractivity contribution is 0.200. The monoisotopic (exact) mass is 251 g/mol. The van der Waals surface area contributed by atoms with Gasteiger partial charge in [-0.2, -0.15) is 11.8 Å². The number of thioether (sulfide) groups is 1. The number of aromatic nitrogens is 1. The lowest BCUT2D eigenvalue weighted by atomic mass is 10.0. The van der Waals surface area contributed by atoms with E-state index in [1.165, 1.54) is 32.1 Å². The molecule has 1 unspecified atom stereocenters. The average Bonchev–Trinajstić information content (AvgIpc) is 2.39. The Hall–Kier alpha value is -0.540. The van der Waals surface area contributed by atoms with Crippen LogP contribution >= 0.6 is 11.8 Å². The fourth-order valence-corrected chi connectivity index (χ4v) is 3.61. The van der Waals surface area contributed by atoms with Crippen molar-refractivity contribution in [3.05, 3.63) is 30.1 Å². The Balaban J connectivity index is 1.68. The summed E-state index contributed by atoms with van der Waals surface area (Å²) in [6, 6.07) is 3.96. The summed E-state index contributed by atoms with van der Waals surface area (Å²) >= 11 is 1.95. The Labute approximate surface area is 108 Å². The molecule has 1 saturated carbocycles. The summed E-state index contributed by atoms with van der Waals surface area (Å²) in [5.41, 5.74) is 1.13. The van der Waals surface area contributed by atoms with E-state index in [1.54, 1.807) is 6.20 Å². The second-order valence-corrected chi connectivity index (χ2v) is 6.15. The van der Waals surface area contributed by atoms with Gasteiger partial charge in [0.1, 0.15) is 0 Å². The van der Waals surface area contributed by atoms with E-state index in [1.807, 2.05) is 30.1 Å². The summed E-state index contributed by atoms with van der Waals surface area (Å²) in [5, 5.41) is 10.8. The molecule has 17 heavy (non-hydrogen) atoms. The third-order valence-corrected chi connectivity index (χ3v) is 4.79. The molecule has 1 aromatic rings. The molecule has 1 aliphatic carbocycles. The van der Waals surface area contributed by atoms with E-state index >= 15 is 0 Å². The molecule has 0 bridgehead atoms. The van der Waals surface area contributed by atoms with Crippen molar-refractivity contribution in [2.75, 3.05) is 5.75 Å². The van der Waals surface area contributed by atoms with Crippen LogP contribution in [0.25, 0.3) is 0 Å². The summed E-state index contributed by atoms with van der Waals surface area (Å²) in [6.45, 7) is 0. The standard InChI is InChI=1S/C14H21NOS/c16-13(9-12-5-4-8-15-10-12)11-17-14-6-2-1-3-7-14/h4-5,8,10,13-14,16H,1-3,6-7,9,11H2. The molecule has 2 nitrogen and oxygen atoms in total. The van der Waals surface area contributed by atoms with Crippen LogP contribution < -0.4 is 0 Å². The Morgan fingerprint density at radius 3 is 2.88 bits per heavy atom. The predicted octanol–water partition coefficient (Wildman–Crippen LogP) is 3.05. The molecule has 0 amide bonds. The molecule has 2 rings (SSSR count). The van der Waals surface area contributed by atoms with Gasteiger partial charge in [0, 0.05) is 29.8 Å². The summed E-state index contributed by atoms with van der Waals surface area (Å²) in [4.78, 5) is 4.07. The van der Waals surface area contributed by atoms with Crippen molar-refractivity contribution in [2.45, 2.75) is 49.9 Å². The third-order valence-electron chi connectivity index (χ3n) is 3.27. The lowest BCUT2D eigenvalue weighted by Crippen LogP contribution is -2.17. The molecule has 3 heteroatoms. The molecule has 0 radical (unpaired) electrons. The van der Waals surface area contributed by atoms with E-state index in [0.717, 1.165) is 23.0 Å². The molecule has 0 aliphatic heterocycles. The Kier molecular flexibility index (Phi) is 5.33. The minimum atomic E-state index is -0.230. The minimum absolute atomic E-state index is 0.230. The molecule has 1 aliphatic rings. The first-order chi connectivity index (χ1) is 8.34. The number of aliphatic hydroxyl groups excluding tert-OH is 1. The van der Waals surface area contributed by atoms with Gasteiger partial charge in [-0.15, -0.1) is 0 Å². The van der Waals surface area contributed by atoms with Crippen LogP contribution in [0.1, 0.15) is 37.7 Å². The van der Waals surface area contributed by atoms with E-state index in [9.17, 15) is 5.11 Å². The highest BCUT2D eigenvalue weighted by atomic mass is 32.2. The maximum absolute atomic E-state index is 9.98. The molecule has 1 fully saturated rings. The predicted molar refractivity (Wildman–Crippen MR) is 73.3 cm³/mol. The highest BCUT2D eigenvalue weighted by Gasteiger charge is 2.15. The van der Waals surface area contributed by atoms with Gasteiger partial charge in [-0.1, -0.05) is 25.3 Å². The smallest absolute Gasteiger partial charge is 0.0671 e. The SMILES string of the molecule is OC(CSC1CCCCC1)Cc1cccnc1. The largest absolute Gasteiger partial charge is 0.392 e. The first-order valence-corrected chi connectivity index (χ1v) is 7.58. The van der Waals surface area contributed by atoms with Crippen LogP contribution in [-0.2, 0) is 6.42 Å². The quantitative estimate of drug-likeness (QED) is 0.873. The van der Waals surface area contributed by atoms with Crippen LogP contribution in [0.3, 0.4) is 0 Å². The fourth-order valence-electron chi connectivity index (χ4n) is 2.33. The zero-order chi connectivity index (χ0) is 11.9. The van der Waals surface area contributed by atoms with E-state index in [2.05, 4.69) is 4.98 Å². The van der Waals surface area contributed by atoms with Crippen molar-refractivity contribution < 1.29 is 5.11 Å². The van der Waals surface area contributed by atoms with Crippen molar-refractivity contribution in [1.29, 1.82) is 0 Å². The second kappa shape index (κ2) is 7.02. The first kappa shape index (κ1) is 12.9. The average molecular weight is 251 g/mol. The molecule has 1 atom stereocenters. The van der Waals surface area contributed by atoms with Crippen LogP contribution in [0.15, 0.2) is 24.5 Å². The van der Waals surface area contributed by atoms with Crippen molar-refractivity contribution in [1.82, 2.24) is 4.98 Å². The van der Waals surface area contributed by atoms with Crippen LogP contribution in [0, 0.1) is 0 Å². The molecule has 1 aromatic heterocycles. The number of aliphatic hydroxyl groups is 1. The van der Waals surface area contributed by atoms with Crippen molar-refractivity contribution in [3.8, 4) is 0 Å². The van der Waals surface area contributed by atoms with Gasteiger partial charge in [0.15, 0.2) is 0 Å². The molecule has 94 valence electrons. The van der Waals surface area contributed by atoms with E-state index < -0.39 is 0 Å². The van der Waals surface area contributed by atoms with Gasteiger partial charge >= 0.3 is 0 Å². The first-order valence-electron chi connectivity index (χ1n) is 6.53. The minimum Gasteiger partial charge on any atom is -0.392 e. The van der Waals surface area contributed by atoms with Crippen molar-refractivity contribution >= 4 is 11.8 Å². The maximum atomic E-state index is 9.98. The summed E-state index contributed by atoms with van der Waals surface area (Å²) in [5.74, 6) is 0.861. The zero-order valence-corrected chi connectivity index (χ0v) is 11.0. The fraction of sp³-hybridized carbons (Fsp3) is 0.643. The van der Waals surface area contributed by atoms with Crippen LogP contribution in [0.5, 0.6) is 0 Å². The van der Waals surface area contributed by atoms with Crippen molar-refractivity contribution in [3.63, 3.8) is 0 Å². The Bertz CT molecular complexity index is 311. The summed E-state index contributed by atoms with van der Waals surface area (Å²) < 4.78 is 0. The highest BCUT2D eigenvalue weighted by molar-refractivity contribution is 7.99. The molecule has 0 spiro atoms. The third kappa shape index (κ3) is 4.68. The number of hydrogen-bond donors (Lipinski definition) is 1. The number of pyridine rings is 1. The summed E-state index contributed by atoms with van der Waals surface area (Å²) in [7, 11) is 0. The van der Waals surface area contributed by atoms with Crippen LogP contribution in [0.4, 0.5) is 0 Å². The van der Waals surface area contributed by atoms with E-state index in [-0.39, 0.29) is 6.10 Å². The number of nitrogens with zero attached hydrogens (tertiary/aromatic N) is 1. The van der Waals surface area contributed by atoms with Crippen LogP contribution in [-0.4, -0.2) is 27.2 Å². The molecule has 1 N–H and O–H groups in total. The maximum Gasteiger partial charge on any atom is 0.0671 e. The zero-order valence-electron chi connectivity index (χ0n) is 10.2. The lowest BCUT2D eigenvalue weighted by Gasteiger charge is -2.22. The number of rotatable bonds is 5. The van der Waals surface area contributed by atoms with Gasteiger partial charge in [-0.3, -0.25) is 4.98 Å². The van der Waals surface area contributed by atoms with Gasteiger partial charge in [0.05, 0.1) is 6.10 Å². The van der Waals surface area contributed by atoms with Crippen LogP contribution in [0.2, 0.25) is 0 Å². The normalized spacial score (nSPS) is 19.1. The molecular formula is C14H21NOS. The van der Waals surface area contributed by atoms with Crippen molar-refractivity contribution in [2.24, 2.45) is 0 Å². The van der Waals surface area contributed by atoms with Gasteiger partial charge in [-0.05, 0) is 24.5 Å². The highest BCUT2D eigenvalue weighted by Crippen LogP contribution is 2.28. The molecule has 1 heterocycles. The summed E-state index contributed by atoms with van der Waals surface area (Å²) in [6.07, 6.45) is 10.9. The van der Waals surface area contributed by atoms with Gasteiger partial charge in [-0.25, -0.2) is 0 Å². The Morgan fingerprint density at radius 2 is 2.18 bits per heavy atom.